The Kier molecular flexibility index (Phi) is 6.88. The zero-order valence-electron chi connectivity index (χ0n) is 12.9. The molecule has 7 nitrogen and oxygen atoms in total. The van der Waals surface area contributed by atoms with Crippen molar-refractivity contribution in [3.05, 3.63) is 29.8 Å². The van der Waals surface area contributed by atoms with E-state index in [-0.39, 0.29) is 12.6 Å². The van der Waals surface area contributed by atoms with Crippen molar-refractivity contribution in [1.29, 1.82) is 0 Å². The van der Waals surface area contributed by atoms with Crippen LogP contribution in [0.3, 0.4) is 0 Å². The van der Waals surface area contributed by atoms with Gasteiger partial charge in [0, 0.05) is 6.04 Å². The zero-order valence-corrected chi connectivity index (χ0v) is 12.9. The molecule has 0 radical (unpaired) electrons. The highest BCUT2D eigenvalue weighted by Gasteiger charge is 2.14. The van der Waals surface area contributed by atoms with Gasteiger partial charge < -0.3 is 10.1 Å². The summed E-state index contributed by atoms with van der Waals surface area (Å²) in [7, 11) is 0. The van der Waals surface area contributed by atoms with Crippen molar-refractivity contribution in [2.45, 2.75) is 33.2 Å². The van der Waals surface area contributed by atoms with Gasteiger partial charge in [0.25, 0.3) is 5.91 Å². The smallest absolute Gasteiger partial charge is 0.327 e. The number of carbonyl (C=O) groups excluding carboxylic acids is 3. The molecule has 0 aromatic heterocycles. The minimum Gasteiger partial charge on any atom is -0.484 e. The summed E-state index contributed by atoms with van der Waals surface area (Å²) in [6.45, 7) is 5.22. The monoisotopic (exact) mass is 307 g/mol. The first-order valence-electron chi connectivity index (χ1n) is 7.03. The van der Waals surface area contributed by atoms with Crippen molar-refractivity contribution < 1.29 is 19.1 Å². The fourth-order valence-corrected chi connectivity index (χ4v) is 1.52. The summed E-state index contributed by atoms with van der Waals surface area (Å²) in [6, 6.07) is 7.18. The quantitative estimate of drug-likeness (QED) is 0.538. The van der Waals surface area contributed by atoms with Crippen LogP contribution >= 0.6 is 0 Å². The molecular formula is C15H21N3O4. The standard InChI is InChI=1S/C15H21N3O4/c1-4-11-5-7-12(8-6-11)22-9-13(19)17-18-15(21)14(20)16-10(2)3/h5-8,10H,4,9H2,1-3H3,(H,16,20)(H,17,19)(H,18,21). The van der Waals surface area contributed by atoms with Gasteiger partial charge in [-0.3, -0.25) is 25.2 Å². The van der Waals surface area contributed by atoms with Crippen LogP contribution in [0.5, 0.6) is 5.75 Å². The van der Waals surface area contributed by atoms with E-state index in [4.69, 9.17) is 4.74 Å². The van der Waals surface area contributed by atoms with Crippen LogP contribution in [-0.4, -0.2) is 30.4 Å². The molecule has 0 aliphatic heterocycles. The SMILES string of the molecule is CCc1ccc(OCC(=O)NNC(=O)C(=O)NC(C)C)cc1. The summed E-state index contributed by atoms with van der Waals surface area (Å²) < 4.78 is 5.26. The van der Waals surface area contributed by atoms with E-state index in [1.165, 1.54) is 5.56 Å². The molecule has 0 spiro atoms. The predicted molar refractivity (Wildman–Crippen MR) is 80.9 cm³/mol. The minimum atomic E-state index is -0.936. The molecule has 0 saturated heterocycles. The Morgan fingerprint density at radius 1 is 1.05 bits per heavy atom. The molecule has 3 amide bonds. The molecule has 0 aliphatic rings. The van der Waals surface area contributed by atoms with Crippen molar-refractivity contribution in [1.82, 2.24) is 16.2 Å². The van der Waals surface area contributed by atoms with Crippen LogP contribution in [-0.2, 0) is 20.8 Å². The molecule has 0 atom stereocenters. The van der Waals surface area contributed by atoms with Gasteiger partial charge in [0.15, 0.2) is 6.61 Å². The average molecular weight is 307 g/mol. The summed E-state index contributed by atoms with van der Waals surface area (Å²) in [5.41, 5.74) is 5.28. The van der Waals surface area contributed by atoms with Crippen LogP contribution in [0.25, 0.3) is 0 Å². The maximum atomic E-state index is 11.5. The number of rotatable bonds is 5. The Morgan fingerprint density at radius 3 is 2.23 bits per heavy atom. The predicted octanol–water partition coefficient (Wildman–Crippen LogP) is 0.300. The lowest BCUT2D eigenvalue weighted by Gasteiger charge is -2.10. The number of ether oxygens (including phenoxy) is 1. The summed E-state index contributed by atoms with van der Waals surface area (Å²) in [5.74, 6) is -1.76. The van der Waals surface area contributed by atoms with Gasteiger partial charge in [-0.05, 0) is 38.0 Å². The lowest BCUT2D eigenvalue weighted by Crippen LogP contribution is -2.50. The largest absolute Gasteiger partial charge is 0.484 e. The van der Waals surface area contributed by atoms with E-state index in [9.17, 15) is 14.4 Å². The summed E-state index contributed by atoms with van der Waals surface area (Å²) in [5, 5.41) is 2.40. The summed E-state index contributed by atoms with van der Waals surface area (Å²) in [4.78, 5) is 34.2. The maximum Gasteiger partial charge on any atom is 0.327 e. The molecule has 0 aliphatic carbocycles. The molecular weight excluding hydrogens is 286 g/mol. The van der Waals surface area contributed by atoms with Gasteiger partial charge in [0.1, 0.15) is 5.75 Å². The first-order valence-corrected chi connectivity index (χ1v) is 7.03. The van der Waals surface area contributed by atoms with Gasteiger partial charge in [-0.1, -0.05) is 19.1 Å². The fraction of sp³-hybridized carbons (Fsp3) is 0.400. The van der Waals surface area contributed by atoms with E-state index in [1.807, 2.05) is 24.5 Å². The zero-order chi connectivity index (χ0) is 16.5. The Hall–Kier alpha value is -2.57. The first-order chi connectivity index (χ1) is 10.4. The lowest BCUT2D eigenvalue weighted by atomic mass is 10.2. The van der Waals surface area contributed by atoms with Gasteiger partial charge in [0.05, 0.1) is 0 Å². The Bertz CT molecular complexity index is 526. The average Bonchev–Trinajstić information content (AvgIpc) is 2.50. The molecule has 0 heterocycles. The Labute approximate surface area is 129 Å². The summed E-state index contributed by atoms with van der Waals surface area (Å²) >= 11 is 0. The number of hydrogen-bond acceptors (Lipinski definition) is 4. The van der Waals surface area contributed by atoms with Crippen LogP contribution in [0.15, 0.2) is 24.3 Å². The van der Waals surface area contributed by atoms with E-state index in [2.05, 4.69) is 10.7 Å². The van der Waals surface area contributed by atoms with Crippen LogP contribution in [0.4, 0.5) is 0 Å². The third-order valence-corrected chi connectivity index (χ3v) is 2.64. The van der Waals surface area contributed by atoms with Crippen molar-refractivity contribution in [3.8, 4) is 5.75 Å². The molecule has 1 aromatic rings. The van der Waals surface area contributed by atoms with Crippen molar-refractivity contribution >= 4 is 17.7 Å². The lowest BCUT2D eigenvalue weighted by molar-refractivity contribution is -0.141. The first kappa shape index (κ1) is 17.5. The number of nitrogens with one attached hydrogen (secondary N) is 3. The number of benzene rings is 1. The van der Waals surface area contributed by atoms with E-state index in [1.54, 1.807) is 26.0 Å². The maximum absolute atomic E-state index is 11.5. The molecule has 7 heteroatoms. The minimum absolute atomic E-state index is 0.164. The Balaban J connectivity index is 2.31. The van der Waals surface area contributed by atoms with Crippen LogP contribution < -0.4 is 20.9 Å². The highest BCUT2D eigenvalue weighted by molar-refractivity contribution is 6.35. The van der Waals surface area contributed by atoms with Gasteiger partial charge in [-0.25, -0.2) is 0 Å². The molecule has 0 bridgehead atoms. The molecule has 0 fully saturated rings. The Morgan fingerprint density at radius 2 is 1.68 bits per heavy atom. The van der Waals surface area contributed by atoms with Crippen molar-refractivity contribution in [2.75, 3.05) is 6.61 Å². The second-order valence-corrected chi connectivity index (χ2v) is 4.92. The van der Waals surface area contributed by atoms with Crippen molar-refractivity contribution in [2.24, 2.45) is 0 Å². The highest BCUT2D eigenvalue weighted by atomic mass is 16.5. The highest BCUT2D eigenvalue weighted by Crippen LogP contribution is 2.12. The van der Waals surface area contributed by atoms with E-state index in [0.717, 1.165) is 6.42 Å². The molecule has 0 unspecified atom stereocenters. The van der Waals surface area contributed by atoms with Gasteiger partial charge in [0.2, 0.25) is 0 Å². The number of amides is 3. The van der Waals surface area contributed by atoms with Gasteiger partial charge in [-0.15, -0.1) is 0 Å². The number of carbonyl (C=O) groups is 3. The van der Waals surface area contributed by atoms with Crippen LogP contribution in [0.1, 0.15) is 26.3 Å². The molecule has 1 rings (SSSR count). The number of hydrazine groups is 1. The van der Waals surface area contributed by atoms with Gasteiger partial charge in [-0.2, -0.15) is 0 Å². The van der Waals surface area contributed by atoms with E-state index in [0.29, 0.717) is 5.75 Å². The third kappa shape index (κ3) is 6.25. The van der Waals surface area contributed by atoms with Gasteiger partial charge >= 0.3 is 11.8 Å². The third-order valence-electron chi connectivity index (χ3n) is 2.64. The number of aryl methyl sites for hydroxylation is 1. The molecule has 22 heavy (non-hydrogen) atoms. The topological polar surface area (TPSA) is 96.5 Å². The normalized spacial score (nSPS) is 10.0. The molecule has 3 N–H and O–H groups in total. The van der Waals surface area contributed by atoms with Crippen LogP contribution in [0.2, 0.25) is 0 Å². The van der Waals surface area contributed by atoms with E-state index >= 15 is 0 Å². The fourth-order valence-electron chi connectivity index (χ4n) is 1.52. The summed E-state index contributed by atoms with van der Waals surface area (Å²) in [6.07, 6.45) is 0.922. The molecule has 0 saturated carbocycles. The van der Waals surface area contributed by atoms with E-state index < -0.39 is 17.7 Å². The second kappa shape index (κ2) is 8.66. The van der Waals surface area contributed by atoms with Crippen LogP contribution in [0, 0.1) is 0 Å². The van der Waals surface area contributed by atoms with Crippen molar-refractivity contribution in [3.63, 3.8) is 0 Å². The second-order valence-electron chi connectivity index (χ2n) is 4.92. The number of hydrogen-bond donors (Lipinski definition) is 3. The molecule has 1 aromatic carbocycles. The molecule has 120 valence electrons.